The van der Waals surface area contributed by atoms with Crippen molar-refractivity contribution in [3.05, 3.63) is 70.2 Å². The molecule has 0 saturated heterocycles. The maximum Gasteiger partial charge on any atom is 0.253 e. The Morgan fingerprint density at radius 1 is 1.33 bits per heavy atom. The van der Waals surface area contributed by atoms with Crippen molar-refractivity contribution in [3.8, 4) is 5.75 Å². The maximum absolute atomic E-state index is 13.0. The molecule has 0 aromatic heterocycles. The molecule has 0 bridgehead atoms. The van der Waals surface area contributed by atoms with Gasteiger partial charge in [0.1, 0.15) is 5.75 Å². The van der Waals surface area contributed by atoms with Gasteiger partial charge in [-0.2, -0.15) is 0 Å². The Bertz CT molecular complexity index is 910. The third kappa shape index (κ3) is 4.22. The molecule has 1 aliphatic heterocycles. The van der Waals surface area contributed by atoms with Crippen LogP contribution in [0, 0.1) is 0 Å². The number of carbonyl (C=O) groups excluding carboxylic acids is 2. The van der Waals surface area contributed by atoms with Crippen LogP contribution in [0.25, 0.3) is 0 Å². The van der Waals surface area contributed by atoms with Crippen LogP contribution < -0.4 is 5.32 Å². The molecule has 0 fully saturated rings. The van der Waals surface area contributed by atoms with Crippen molar-refractivity contribution in [2.75, 3.05) is 18.4 Å². The molecule has 3 rings (SSSR count). The second-order valence-electron chi connectivity index (χ2n) is 6.68. The van der Waals surface area contributed by atoms with E-state index in [1.54, 1.807) is 30.3 Å². The number of anilines is 1. The van der Waals surface area contributed by atoms with Crippen LogP contribution in [0.1, 0.15) is 34.3 Å². The molecule has 1 unspecified atom stereocenters. The molecule has 2 amide bonds. The summed E-state index contributed by atoms with van der Waals surface area (Å²) in [6.45, 7) is 6.64. The number of rotatable bonds is 3. The summed E-state index contributed by atoms with van der Waals surface area (Å²) in [6, 6.07) is 10.6. The number of nitrogens with one attached hydrogen (secondary N) is 1. The Labute approximate surface area is 166 Å². The highest BCUT2D eigenvalue weighted by molar-refractivity contribution is 9.10. The second kappa shape index (κ2) is 7.96. The number of hydrogen-bond acceptors (Lipinski definition) is 3. The van der Waals surface area contributed by atoms with Crippen LogP contribution in [-0.2, 0) is 11.2 Å². The van der Waals surface area contributed by atoms with Crippen molar-refractivity contribution in [2.24, 2.45) is 0 Å². The molecule has 0 saturated carbocycles. The van der Waals surface area contributed by atoms with Crippen LogP contribution >= 0.6 is 15.9 Å². The van der Waals surface area contributed by atoms with E-state index in [0.717, 1.165) is 17.5 Å². The van der Waals surface area contributed by atoms with Crippen LogP contribution in [0.4, 0.5) is 5.69 Å². The molecule has 2 aromatic carbocycles. The quantitative estimate of drug-likeness (QED) is 0.723. The van der Waals surface area contributed by atoms with Gasteiger partial charge in [-0.25, -0.2) is 0 Å². The number of nitrogens with zero attached hydrogens (tertiary/aromatic N) is 1. The zero-order valence-electron chi connectivity index (χ0n) is 15.0. The number of phenolic OH excluding ortho intramolecular Hbond substituents is 1. The van der Waals surface area contributed by atoms with Crippen molar-refractivity contribution in [2.45, 2.75) is 19.3 Å². The first-order valence-corrected chi connectivity index (χ1v) is 9.52. The SMILES string of the molecule is C=CC(=O)Nc1cccc(C(=O)N2CCc3cc(Br)c(O)cc3C(C)C2)c1. The van der Waals surface area contributed by atoms with E-state index in [-0.39, 0.29) is 23.5 Å². The summed E-state index contributed by atoms with van der Waals surface area (Å²) in [5.74, 6) is -0.0726. The van der Waals surface area contributed by atoms with Crippen LogP contribution in [0.5, 0.6) is 5.75 Å². The van der Waals surface area contributed by atoms with Crippen LogP contribution in [0.2, 0.25) is 0 Å². The minimum atomic E-state index is -0.316. The predicted octanol–water partition coefficient (Wildman–Crippen LogP) is 4.08. The maximum atomic E-state index is 13.0. The molecule has 0 aliphatic carbocycles. The van der Waals surface area contributed by atoms with E-state index in [9.17, 15) is 14.7 Å². The lowest BCUT2D eigenvalue weighted by atomic mass is 9.95. The Morgan fingerprint density at radius 2 is 2.11 bits per heavy atom. The summed E-state index contributed by atoms with van der Waals surface area (Å²) in [5.41, 5.74) is 3.29. The first kappa shape index (κ1) is 19.2. The monoisotopic (exact) mass is 428 g/mol. The summed E-state index contributed by atoms with van der Waals surface area (Å²) >= 11 is 3.36. The smallest absolute Gasteiger partial charge is 0.253 e. The van der Waals surface area contributed by atoms with E-state index in [1.807, 2.05) is 11.0 Å². The molecule has 1 atom stereocenters. The van der Waals surface area contributed by atoms with Crippen LogP contribution in [0.15, 0.2) is 53.5 Å². The lowest BCUT2D eigenvalue weighted by Gasteiger charge is -2.23. The number of aromatic hydroxyl groups is 1. The van der Waals surface area contributed by atoms with Crippen molar-refractivity contribution in [1.29, 1.82) is 0 Å². The molecule has 2 N–H and O–H groups in total. The van der Waals surface area contributed by atoms with E-state index in [2.05, 4.69) is 34.7 Å². The van der Waals surface area contributed by atoms with Gasteiger partial charge in [-0.05, 0) is 75.8 Å². The number of hydrogen-bond donors (Lipinski definition) is 2. The minimum Gasteiger partial charge on any atom is -0.507 e. The van der Waals surface area contributed by atoms with Gasteiger partial charge in [0.25, 0.3) is 5.91 Å². The Hall–Kier alpha value is -2.60. The zero-order chi connectivity index (χ0) is 19.6. The molecule has 1 heterocycles. The van der Waals surface area contributed by atoms with Gasteiger partial charge in [0.05, 0.1) is 4.47 Å². The highest BCUT2D eigenvalue weighted by Gasteiger charge is 2.25. The summed E-state index contributed by atoms with van der Waals surface area (Å²) in [5, 5.41) is 12.7. The molecule has 2 aromatic rings. The van der Waals surface area contributed by atoms with Gasteiger partial charge >= 0.3 is 0 Å². The fourth-order valence-electron chi connectivity index (χ4n) is 3.36. The second-order valence-corrected chi connectivity index (χ2v) is 7.53. The van der Waals surface area contributed by atoms with Gasteiger partial charge in [-0.1, -0.05) is 19.6 Å². The Morgan fingerprint density at radius 3 is 2.85 bits per heavy atom. The Kier molecular flexibility index (Phi) is 5.65. The minimum absolute atomic E-state index is 0.0763. The molecule has 0 radical (unpaired) electrons. The summed E-state index contributed by atoms with van der Waals surface area (Å²) in [7, 11) is 0. The van der Waals surface area contributed by atoms with Gasteiger partial charge in [0.15, 0.2) is 0 Å². The lowest BCUT2D eigenvalue weighted by Crippen LogP contribution is -2.34. The predicted molar refractivity (Wildman–Crippen MR) is 109 cm³/mol. The summed E-state index contributed by atoms with van der Waals surface area (Å²) in [4.78, 5) is 26.3. The van der Waals surface area contributed by atoms with Crippen molar-refractivity contribution >= 4 is 33.4 Å². The number of phenols is 1. The van der Waals surface area contributed by atoms with E-state index in [0.29, 0.717) is 28.8 Å². The first-order valence-electron chi connectivity index (χ1n) is 8.73. The first-order chi connectivity index (χ1) is 12.9. The highest BCUT2D eigenvalue weighted by atomic mass is 79.9. The average Bonchev–Trinajstić information content (AvgIpc) is 2.81. The van der Waals surface area contributed by atoms with Gasteiger partial charge in [0.2, 0.25) is 5.91 Å². The van der Waals surface area contributed by atoms with Gasteiger partial charge in [0, 0.05) is 24.3 Å². The fourth-order valence-corrected chi connectivity index (χ4v) is 3.75. The molecular weight excluding hydrogens is 408 g/mol. The van der Waals surface area contributed by atoms with E-state index >= 15 is 0 Å². The van der Waals surface area contributed by atoms with Crippen molar-refractivity contribution in [3.63, 3.8) is 0 Å². The van der Waals surface area contributed by atoms with E-state index in [4.69, 9.17) is 0 Å². The molecule has 5 nitrogen and oxygen atoms in total. The fraction of sp³-hybridized carbons (Fsp3) is 0.238. The standard InChI is InChI=1S/C21H21BrN2O3/c1-3-20(26)23-16-6-4-5-15(9-16)21(27)24-8-7-14-10-18(22)19(25)11-17(14)13(2)12-24/h3-6,9-11,13,25H,1,7-8,12H2,2H3,(H,23,26). The topological polar surface area (TPSA) is 69.6 Å². The Balaban J connectivity index is 1.81. The number of carbonyl (C=O) groups is 2. The van der Waals surface area contributed by atoms with Crippen LogP contribution in [0.3, 0.4) is 0 Å². The van der Waals surface area contributed by atoms with Crippen molar-refractivity contribution < 1.29 is 14.7 Å². The normalized spacial score (nSPS) is 16.2. The largest absolute Gasteiger partial charge is 0.507 e. The van der Waals surface area contributed by atoms with Gasteiger partial charge in [-0.15, -0.1) is 0 Å². The average molecular weight is 429 g/mol. The molecule has 0 spiro atoms. The summed E-state index contributed by atoms with van der Waals surface area (Å²) in [6.07, 6.45) is 1.91. The zero-order valence-corrected chi connectivity index (χ0v) is 16.6. The number of fused-ring (bicyclic) bond motifs is 1. The molecular formula is C21H21BrN2O3. The third-order valence-corrected chi connectivity index (χ3v) is 5.37. The third-order valence-electron chi connectivity index (χ3n) is 4.73. The molecule has 1 aliphatic rings. The van der Waals surface area contributed by atoms with Gasteiger partial charge in [-0.3, -0.25) is 9.59 Å². The van der Waals surface area contributed by atoms with Gasteiger partial charge < -0.3 is 15.3 Å². The molecule has 140 valence electrons. The highest BCUT2D eigenvalue weighted by Crippen LogP contribution is 2.34. The molecule has 27 heavy (non-hydrogen) atoms. The van der Waals surface area contributed by atoms with E-state index in [1.165, 1.54) is 6.08 Å². The number of halogens is 1. The molecule has 6 heteroatoms. The summed E-state index contributed by atoms with van der Waals surface area (Å²) < 4.78 is 0.666. The number of amides is 2. The number of benzene rings is 2. The van der Waals surface area contributed by atoms with Crippen LogP contribution in [-0.4, -0.2) is 34.9 Å². The lowest BCUT2D eigenvalue weighted by molar-refractivity contribution is -0.111. The van der Waals surface area contributed by atoms with E-state index < -0.39 is 0 Å². The van der Waals surface area contributed by atoms with Crippen molar-refractivity contribution in [1.82, 2.24) is 4.90 Å².